The summed E-state index contributed by atoms with van der Waals surface area (Å²) in [5.74, 6) is 0. The Labute approximate surface area is 155 Å². The smallest absolute Gasteiger partial charge is 0.265 e. The lowest BCUT2D eigenvalue weighted by molar-refractivity contribution is 0.772. The third-order valence-electron chi connectivity index (χ3n) is 4.26. The van der Waals surface area contributed by atoms with Crippen LogP contribution in [0.2, 0.25) is 0 Å². The number of rotatable bonds is 5. The Kier molecular flexibility index (Phi) is 4.58. The molecule has 4 aromatic rings. The quantitative estimate of drug-likeness (QED) is 0.543. The number of aryl methyl sites for hydroxylation is 3. The van der Waals surface area contributed by atoms with Gasteiger partial charge >= 0.3 is 5.56 Å². The number of aromatic nitrogens is 4. The molecule has 0 unspecified atom stereocenters. The maximum Gasteiger partial charge on any atom is 0.302 e. The molecule has 0 radical (unpaired) electrons. The zero-order valence-corrected chi connectivity index (χ0v) is 15.2. The molecule has 0 bridgehead atoms. The SMILES string of the molecule is Cc1ccc(-c2nnc3sc(CCCc4ccccc4)nn3c2=O)cc1. The van der Waals surface area contributed by atoms with Crippen LogP contribution in [0, 0.1) is 6.92 Å². The molecule has 130 valence electrons. The van der Waals surface area contributed by atoms with Crippen LogP contribution in [0.5, 0.6) is 0 Å². The van der Waals surface area contributed by atoms with E-state index in [0.717, 1.165) is 35.4 Å². The molecule has 6 heteroatoms. The lowest BCUT2D eigenvalue weighted by Crippen LogP contribution is -2.19. The van der Waals surface area contributed by atoms with Crippen LogP contribution in [0.4, 0.5) is 0 Å². The lowest BCUT2D eigenvalue weighted by Gasteiger charge is -1.99. The van der Waals surface area contributed by atoms with E-state index in [2.05, 4.69) is 39.6 Å². The van der Waals surface area contributed by atoms with Crippen molar-refractivity contribution in [1.82, 2.24) is 19.8 Å². The van der Waals surface area contributed by atoms with Gasteiger partial charge in [-0.25, -0.2) is 0 Å². The molecule has 4 rings (SSSR count). The summed E-state index contributed by atoms with van der Waals surface area (Å²) >= 11 is 1.43. The van der Waals surface area contributed by atoms with E-state index in [4.69, 9.17) is 0 Å². The summed E-state index contributed by atoms with van der Waals surface area (Å²) in [6.45, 7) is 2.01. The lowest BCUT2D eigenvalue weighted by atomic mass is 10.1. The van der Waals surface area contributed by atoms with Gasteiger partial charge in [-0.15, -0.1) is 10.2 Å². The second-order valence-electron chi connectivity index (χ2n) is 6.25. The Morgan fingerprint density at radius 1 is 0.962 bits per heavy atom. The summed E-state index contributed by atoms with van der Waals surface area (Å²) in [6.07, 6.45) is 2.80. The van der Waals surface area contributed by atoms with Crippen LogP contribution in [0.15, 0.2) is 59.4 Å². The van der Waals surface area contributed by atoms with Crippen molar-refractivity contribution in [3.05, 3.63) is 81.1 Å². The Morgan fingerprint density at radius 3 is 2.50 bits per heavy atom. The van der Waals surface area contributed by atoms with Crippen LogP contribution in [-0.2, 0) is 12.8 Å². The summed E-state index contributed by atoms with van der Waals surface area (Å²) in [7, 11) is 0. The van der Waals surface area contributed by atoms with Gasteiger partial charge in [0.15, 0.2) is 5.69 Å². The Hall–Kier alpha value is -2.86. The van der Waals surface area contributed by atoms with E-state index in [1.165, 1.54) is 21.4 Å². The van der Waals surface area contributed by atoms with Gasteiger partial charge in [0.1, 0.15) is 5.01 Å². The summed E-state index contributed by atoms with van der Waals surface area (Å²) in [6, 6.07) is 18.1. The zero-order chi connectivity index (χ0) is 17.9. The molecule has 0 aliphatic heterocycles. The topological polar surface area (TPSA) is 60.1 Å². The van der Waals surface area contributed by atoms with Crippen molar-refractivity contribution in [3.63, 3.8) is 0 Å². The van der Waals surface area contributed by atoms with Gasteiger partial charge in [0.05, 0.1) is 0 Å². The van der Waals surface area contributed by atoms with Crippen molar-refractivity contribution in [2.24, 2.45) is 0 Å². The first kappa shape index (κ1) is 16.6. The van der Waals surface area contributed by atoms with E-state index >= 15 is 0 Å². The number of fused-ring (bicyclic) bond motifs is 1. The van der Waals surface area contributed by atoms with E-state index in [1.807, 2.05) is 37.3 Å². The predicted octanol–water partition coefficient (Wildman–Crippen LogP) is 3.70. The van der Waals surface area contributed by atoms with E-state index < -0.39 is 0 Å². The normalized spacial score (nSPS) is 11.1. The summed E-state index contributed by atoms with van der Waals surface area (Å²) in [5, 5.41) is 13.7. The molecule has 0 spiro atoms. The maximum absolute atomic E-state index is 12.7. The van der Waals surface area contributed by atoms with Gasteiger partial charge in [-0.2, -0.15) is 9.61 Å². The highest BCUT2D eigenvalue weighted by Crippen LogP contribution is 2.17. The molecule has 2 aromatic carbocycles. The fourth-order valence-electron chi connectivity index (χ4n) is 2.84. The van der Waals surface area contributed by atoms with Crippen molar-refractivity contribution in [2.45, 2.75) is 26.2 Å². The molecule has 0 amide bonds. The number of hydrogen-bond donors (Lipinski definition) is 0. The standard InChI is InChI=1S/C20H18N4OS/c1-14-10-12-16(13-11-14)18-19(25)24-20(22-21-18)26-17(23-24)9-5-8-15-6-3-2-4-7-15/h2-4,6-7,10-13H,5,8-9H2,1H3. The third kappa shape index (κ3) is 3.41. The minimum absolute atomic E-state index is 0.218. The van der Waals surface area contributed by atoms with E-state index in [1.54, 1.807) is 0 Å². The molecule has 2 aromatic heterocycles. The summed E-state index contributed by atoms with van der Waals surface area (Å²) < 4.78 is 1.38. The fraction of sp³-hybridized carbons (Fsp3) is 0.200. The molecule has 2 heterocycles. The van der Waals surface area contributed by atoms with Gasteiger partial charge in [-0.1, -0.05) is 71.5 Å². The number of hydrogen-bond acceptors (Lipinski definition) is 5. The molecule has 0 saturated heterocycles. The fourth-order valence-corrected chi connectivity index (χ4v) is 3.71. The summed E-state index contributed by atoms with van der Waals surface area (Å²) in [4.78, 5) is 13.3. The largest absolute Gasteiger partial charge is 0.302 e. The van der Waals surface area contributed by atoms with E-state index in [9.17, 15) is 4.79 Å². The molecule has 0 aliphatic rings. The van der Waals surface area contributed by atoms with Crippen molar-refractivity contribution in [2.75, 3.05) is 0 Å². The Bertz CT molecular complexity index is 1080. The van der Waals surface area contributed by atoms with Gasteiger partial charge in [0.2, 0.25) is 4.96 Å². The minimum Gasteiger partial charge on any atom is -0.265 e. The van der Waals surface area contributed by atoms with E-state index in [0.29, 0.717) is 10.7 Å². The van der Waals surface area contributed by atoms with Crippen molar-refractivity contribution in [1.29, 1.82) is 0 Å². The Balaban J connectivity index is 1.56. The van der Waals surface area contributed by atoms with Gasteiger partial charge in [-0.3, -0.25) is 4.79 Å². The van der Waals surface area contributed by atoms with Gasteiger partial charge in [0, 0.05) is 12.0 Å². The average Bonchev–Trinajstić information content (AvgIpc) is 3.08. The van der Waals surface area contributed by atoms with Crippen molar-refractivity contribution < 1.29 is 0 Å². The molecule has 0 fully saturated rings. The molecule has 0 aliphatic carbocycles. The van der Waals surface area contributed by atoms with Gasteiger partial charge in [0.25, 0.3) is 0 Å². The van der Waals surface area contributed by atoms with E-state index in [-0.39, 0.29) is 5.56 Å². The highest BCUT2D eigenvalue weighted by atomic mass is 32.1. The molecular formula is C20H18N4OS. The first-order chi connectivity index (χ1) is 12.7. The molecule has 0 atom stereocenters. The zero-order valence-electron chi connectivity index (χ0n) is 14.4. The average molecular weight is 362 g/mol. The van der Waals surface area contributed by atoms with Crippen LogP contribution >= 0.6 is 11.3 Å². The van der Waals surface area contributed by atoms with Gasteiger partial charge < -0.3 is 0 Å². The number of benzene rings is 2. The van der Waals surface area contributed by atoms with Crippen LogP contribution in [0.25, 0.3) is 16.2 Å². The highest BCUT2D eigenvalue weighted by Gasteiger charge is 2.13. The molecular weight excluding hydrogens is 344 g/mol. The monoisotopic (exact) mass is 362 g/mol. The first-order valence-electron chi connectivity index (χ1n) is 8.57. The molecule has 5 nitrogen and oxygen atoms in total. The molecule has 0 saturated carbocycles. The van der Waals surface area contributed by atoms with Crippen molar-refractivity contribution >= 4 is 16.3 Å². The van der Waals surface area contributed by atoms with Crippen LogP contribution < -0.4 is 5.56 Å². The highest BCUT2D eigenvalue weighted by molar-refractivity contribution is 7.16. The maximum atomic E-state index is 12.7. The van der Waals surface area contributed by atoms with Crippen LogP contribution in [0.3, 0.4) is 0 Å². The molecule has 0 N–H and O–H groups in total. The third-order valence-corrected chi connectivity index (χ3v) is 5.21. The second kappa shape index (κ2) is 7.17. The van der Waals surface area contributed by atoms with Crippen molar-refractivity contribution in [3.8, 4) is 11.3 Å². The minimum atomic E-state index is -0.218. The van der Waals surface area contributed by atoms with Crippen LogP contribution in [-0.4, -0.2) is 19.8 Å². The predicted molar refractivity (Wildman–Crippen MR) is 104 cm³/mol. The van der Waals surface area contributed by atoms with Crippen LogP contribution in [0.1, 0.15) is 22.6 Å². The van der Waals surface area contributed by atoms with Gasteiger partial charge in [-0.05, 0) is 25.3 Å². The second-order valence-corrected chi connectivity index (χ2v) is 7.29. The number of nitrogens with zero attached hydrogens (tertiary/aromatic N) is 4. The first-order valence-corrected chi connectivity index (χ1v) is 9.39. The Morgan fingerprint density at radius 2 is 1.73 bits per heavy atom. The summed E-state index contributed by atoms with van der Waals surface area (Å²) in [5.41, 5.74) is 3.33. The molecule has 26 heavy (non-hydrogen) atoms.